The number of rotatable bonds is 1. The van der Waals surface area contributed by atoms with Crippen molar-refractivity contribution in [2.75, 3.05) is 0 Å². The molecule has 0 N–H and O–H groups in total. The van der Waals surface area contributed by atoms with Gasteiger partial charge in [0, 0.05) is 16.7 Å². The molecule has 4 nitrogen and oxygen atoms in total. The molecule has 0 unspecified atom stereocenters. The van der Waals surface area contributed by atoms with E-state index in [4.69, 9.17) is 0 Å². The molecule has 1 aromatic heterocycles. The predicted octanol–water partition coefficient (Wildman–Crippen LogP) is 2.30. The fourth-order valence-corrected chi connectivity index (χ4v) is 2.24. The van der Waals surface area contributed by atoms with Crippen LogP contribution in [0.5, 0.6) is 0 Å². The molecule has 0 fully saturated rings. The van der Waals surface area contributed by atoms with E-state index in [1.165, 1.54) is 6.07 Å². The van der Waals surface area contributed by atoms with Crippen LogP contribution in [0.15, 0.2) is 33.9 Å². The van der Waals surface area contributed by atoms with Crippen LogP contribution in [0, 0.1) is 9.39 Å². The quantitative estimate of drug-likeness (QED) is 0.531. The van der Waals surface area contributed by atoms with Crippen LogP contribution in [0.25, 0.3) is 5.69 Å². The maximum Gasteiger partial charge on any atom is 0.431 e. The van der Waals surface area contributed by atoms with Gasteiger partial charge in [-0.1, -0.05) is 0 Å². The second kappa shape index (κ2) is 5.28. The molecule has 1 aromatic carbocycles. The normalized spacial score (nSPS) is 11.7. The number of nitrogens with zero attached hydrogens (tertiary/aromatic N) is 2. The molecular formula is C12H7F4IN2O2. The summed E-state index contributed by atoms with van der Waals surface area (Å²) in [5.74, 6) is -0.874. The van der Waals surface area contributed by atoms with Crippen LogP contribution in [0.2, 0.25) is 0 Å². The van der Waals surface area contributed by atoms with Gasteiger partial charge in [0.15, 0.2) is 0 Å². The molecule has 0 aliphatic heterocycles. The van der Waals surface area contributed by atoms with Gasteiger partial charge in [-0.25, -0.2) is 13.8 Å². The number of hydrogen-bond acceptors (Lipinski definition) is 2. The Morgan fingerprint density at radius 1 is 1.14 bits per heavy atom. The van der Waals surface area contributed by atoms with Gasteiger partial charge >= 0.3 is 11.9 Å². The molecule has 9 heteroatoms. The Labute approximate surface area is 128 Å². The lowest BCUT2D eigenvalue weighted by Gasteiger charge is -2.14. The lowest BCUT2D eigenvalue weighted by molar-refractivity contribution is -0.144. The number of hydrogen-bond donors (Lipinski definition) is 0. The molecule has 0 aliphatic rings. The van der Waals surface area contributed by atoms with Crippen molar-refractivity contribution in [3.8, 4) is 5.69 Å². The minimum atomic E-state index is -4.85. The smallest absolute Gasteiger partial charge is 0.292 e. The van der Waals surface area contributed by atoms with Crippen LogP contribution in [0.4, 0.5) is 17.6 Å². The highest BCUT2D eigenvalue weighted by Crippen LogP contribution is 2.27. The topological polar surface area (TPSA) is 44.0 Å². The van der Waals surface area contributed by atoms with Crippen molar-refractivity contribution < 1.29 is 17.6 Å². The van der Waals surface area contributed by atoms with Crippen LogP contribution < -0.4 is 11.2 Å². The summed E-state index contributed by atoms with van der Waals surface area (Å²) in [6.45, 7) is 0. The number of halogens is 5. The standard InChI is InChI=1S/C12H7F4IN2O2/c1-18-9(12(14,15)16)5-10(20)19(11(18)21)8-3-2-6(17)4-7(8)13/h2-5H,1H3. The lowest BCUT2D eigenvalue weighted by atomic mass is 10.3. The number of alkyl halides is 3. The zero-order valence-electron chi connectivity index (χ0n) is 10.4. The fourth-order valence-electron chi connectivity index (χ4n) is 1.78. The highest BCUT2D eigenvalue weighted by molar-refractivity contribution is 14.1. The van der Waals surface area contributed by atoms with Crippen LogP contribution in [0.1, 0.15) is 5.69 Å². The first kappa shape index (κ1) is 15.7. The van der Waals surface area contributed by atoms with Gasteiger partial charge in [-0.05, 0) is 40.8 Å². The predicted molar refractivity (Wildman–Crippen MR) is 75.0 cm³/mol. The first-order valence-corrected chi connectivity index (χ1v) is 6.56. The van der Waals surface area contributed by atoms with Gasteiger partial charge in [-0.15, -0.1) is 0 Å². The highest BCUT2D eigenvalue weighted by Gasteiger charge is 2.35. The molecule has 0 bridgehead atoms. The molecular weight excluding hydrogens is 407 g/mol. The first-order valence-electron chi connectivity index (χ1n) is 5.48. The van der Waals surface area contributed by atoms with Gasteiger partial charge in [0.1, 0.15) is 11.5 Å². The maximum absolute atomic E-state index is 13.8. The van der Waals surface area contributed by atoms with E-state index in [9.17, 15) is 27.2 Å². The molecule has 112 valence electrons. The summed E-state index contributed by atoms with van der Waals surface area (Å²) in [7, 11) is 0.867. The Balaban J connectivity index is 2.82. The van der Waals surface area contributed by atoms with E-state index in [0.29, 0.717) is 8.14 Å². The van der Waals surface area contributed by atoms with E-state index in [-0.39, 0.29) is 10.6 Å². The van der Waals surface area contributed by atoms with E-state index < -0.39 is 34.6 Å². The van der Waals surface area contributed by atoms with Crippen LogP contribution >= 0.6 is 22.6 Å². The van der Waals surface area contributed by atoms with Crippen molar-refractivity contribution in [2.45, 2.75) is 6.18 Å². The van der Waals surface area contributed by atoms with Gasteiger partial charge in [0.05, 0.1) is 5.69 Å². The number of benzene rings is 1. The van der Waals surface area contributed by atoms with Gasteiger partial charge < -0.3 is 0 Å². The summed E-state index contributed by atoms with van der Waals surface area (Å²) in [6, 6.07) is 3.92. The average molecular weight is 414 g/mol. The van der Waals surface area contributed by atoms with E-state index in [1.54, 1.807) is 0 Å². The molecule has 0 atom stereocenters. The van der Waals surface area contributed by atoms with Crippen molar-refractivity contribution >= 4 is 22.6 Å². The first-order chi connectivity index (χ1) is 9.62. The van der Waals surface area contributed by atoms with E-state index in [1.807, 2.05) is 22.6 Å². The molecule has 0 amide bonds. The molecule has 1 heterocycles. The molecule has 0 saturated carbocycles. The minimum Gasteiger partial charge on any atom is -0.292 e. The zero-order valence-corrected chi connectivity index (χ0v) is 12.6. The molecule has 0 saturated heterocycles. The van der Waals surface area contributed by atoms with Crippen LogP contribution in [0.3, 0.4) is 0 Å². The molecule has 21 heavy (non-hydrogen) atoms. The SMILES string of the molecule is Cn1c(C(F)(F)F)cc(=O)n(-c2ccc(I)cc2F)c1=O. The summed E-state index contributed by atoms with van der Waals surface area (Å²) >= 11 is 1.82. The van der Waals surface area contributed by atoms with Gasteiger partial charge in [0.2, 0.25) is 0 Å². The zero-order chi connectivity index (χ0) is 15.9. The Hall–Kier alpha value is -1.65. The van der Waals surface area contributed by atoms with Gasteiger partial charge in [-0.3, -0.25) is 9.36 Å². The van der Waals surface area contributed by atoms with Gasteiger partial charge in [-0.2, -0.15) is 13.2 Å². The maximum atomic E-state index is 13.8. The molecule has 0 aliphatic carbocycles. The Bertz CT molecular complexity index is 823. The summed E-state index contributed by atoms with van der Waals surface area (Å²) in [5, 5.41) is 0. The molecule has 2 aromatic rings. The van der Waals surface area contributed by atoms with Gasteiger partial charge in [0.25, 0.3) is 5.56 Å². The van der Waals surface area contributed by atoms with Crippen LogP contribution in [-0.4, -0.2) is 9.13 Å². The summed E-state index contributed by atoms with van der Waals surface area (Å²) in [4.78, 5) is 23.7. The summed E-state index contributed by atoms with van der Waals surface area (Å²) < 4.78 is 53.0. The Morgan fingerprint density at radius 3 is 2.29 bits per heavy atom. The fraction of sp³-hybridized carbons (Fsp3) is 0.167. The minimum absolute atomic E-state index is 0.263. The largest absolute Gasteiger partial charge is 0.431 e. The van der Waals surface area contributed by atoms with Crippen LogP contribution in [-0.2, 0) is 13.2 Å². The summed E-state index contributed by atoms with van der Waals surface area (Å²) in [6.07, 6.45) is -4.85. The third-order valence-corrected chi connectivity index (χ3v) is 3.43. The third kappa shape index (κ3) is 2.87. The van der Waals surface area contributed by atoms with E-state index in [0.717, 1.165) is 19.2 Å². The van der Waals surface area contributed by atoms with Crippen molar-refractivity contribution in [3.05, 3.63) is 60.2 Å². The average Bonchev–Trinajstić information content (AvgIpc) is 2.35. The molecule has 0 spiro atoms. The monoisotopic (exact) mass is 414 g/mol. The summed E-state index contributed by atoms with van der Waals surface area (Å²) in [5.41, 5.74) is -4.30. The third-order valence-electron chi connectivity index (χ3n) is 2.76. The molecule has 2 rings (SSSR count). The van der Waals surface area contributed by atoms with Crippen molar-refractivity contribution in [1.29, 1.82) is 0 Å². The van der Waals surface area contributed by atoms with Crippen molar-refractivity contribution in [3.63, 3.8) is 0 Å². The van der Waals surface area contributed by atoms with Crippen molar-refractivity contribution in [2.24, 2.45) is 7.05 Å². The molecule has 0 radical (unpaired) electrons. The van der Waals surface area contributed by atoms with E-state index >= 15 is 0 Å². The van der Waals surface area contributed by atoms with E-state index in [2.05, 4.69) is 0 Å². The Morgan fingerprint density at radius 2 is 1.76 bits per heavy atom. The lowest BCUT2D eigenvalue weighted by Crippen LogP contribution is -2.41. The Kier molecular flexibility index (Phi) is 3.95. The number of aromatic nitrogens is 2. The highest BCUT2D eigenvalue weighted by atomic mass is 127. The second-order valence-corrected chi connectivity index (χ2v) is 5.38. The van der Waals surface area contributed by atoms with Crippen molar-refractivity contribution in [1.82, 2.24) is 9.13 Å². The second-order valence-electron chi connectivity index (χ2n) is 4.14.